The van der Waals surface area contributed by atoms with Gasteiger partial charge in [-0.3, -0.25) is 0 Å². The summed E-state index contributed by atoms with van der Waals surface area (Å²) in [5.41, 5.74) is 8.97. The molecule has 4 aromatic rings. The Labute approximate surface area is 240 Å². The van der Waals surface area contributed by atoms with Gasteiger partial charge >= 0.3 is 217 Å². The number of halogens is 2. The van der Waals surface area contributed by atoms with Crippen LogP contribution in [0.25, 0.3) is 12.2 Å². The molecule has 6 rings (SSSR count). The molecule has 0 nitrogen and oxygen atoms in total. The van der Waals surface area contributed by atoms with Gasteiger partial charge in [0.05, 0.1) is 0 Å². The maximum absolute atomic E-state index is 2.55. The van der Waals surface area contributed by atoms with E-state index in [1.165, 1.54) is 32.9 Å². The van der Waals surface area contributed by atoms with Crippen molar-refractivity contribution in [2.45, 2.75) is 21.1 Å². The molecule has 0 aromatic heterocycles. The molecule has 178 valence electrons. The van der Waals surface area contributed by atoms with Crippen LogP contribution in [0.15, 0.2) is 108 Å². The normalized spacial score (nSPS) is 16.9. The quantitative estimate of drug-likeness (QED) is 0.305. The maximum atomic E-state index is 2.55. The Kier molecular flexibility index (Phi) is 8.91. The van der Waals surface area contributed by atoms with E-state index >= 15 is 0 Å². The number of rotatable bonds is 5. The average molecular weight is 605 g/mol. The van der Waals surface area contributed by atoms with Gasteiger partial charge in [-0.25, -0.2) is 0 Å². The van der Waals surface area contributed by atoms with Gasteiger partial charge in [-0.05, 0) is 0 Å². The standard InChI is InChI=1S/C21H16P.C11H11.2ClH.Zr/c1-3-11-19(12-4-1)22(20-13-5-2-6-14-20)21-15-17-9-7-8-10-18(17)16-21;1-8-6-7-9(2)11-5-3-4-10(8)11;;;/h1-16H;3-7H,1-2H3;2*1H;/q;;;;+2/p-2. The van der Waals surface area contributed by atoms with E-state index in [2.05, 4.69) is 129 Å². The van der Waals surface area contributed by atoms with Crippen LogP contribution < -0.4 is 35.4 Å². The van der Waals surface area contributed by atoms with E-state index in [0.717, 1.165) is 0 Å². The van der Waals surface area contributed by atoms with Crippen LogP contribution in [0, 0.1) is 13.8 Å². The van der Waals surface area contributed by atoms with Gasteiger partial charge in [0.25, 0.3) is 0 Å². The van der Waals surface area contributed by atoms with Crippen LogP contribution in [-0.2, 0) is 23.2 Å². The van der Waals surface area contributed by atoms with Crippen molar-refractivity contribution >= 4 is 30.7 Å². The van der Waals surface area contributed by atoms with E-state index in [-0.39, 0.29) is 24.8 Å². The molecule has 2 aliphatic rings. The third kappa shape index (κ3) is 5.02. The molecule has 2 atom stereocenters. The number of hydrogen-bond donors (Lipinski definition) is 0. The summed E-state index contributed by atoms with van der Waals surface area (Å²) in [7, 11) is -0.560. The molecule has 0 amide bonds. The SMILES string of the molecule is Cc1ccc(C)c2c1C=C[CH]2[Zr+2][CH]1C(P(c2ccccc2)c2ccccc2)=Cc2ccccc21.[Cl-].[Cl-]. The monoisotopic (exact) mass is 602 g/mol. The fourth-order valence-electron chi connectivity index (χ4n) is 5.37. The van der Waals surface area contributed by atoms with Gasteiger partial charge in [0.2, 0.25) is 0 Å². The molecule has 0 saturated heterocycles. The molecule has 0 heterocycles. The molecule has 0 radical (unpaired) electrons. The zero-order valence-corrected chi connectivity index (χ0v) is 25.2. The molecular formula is C32H27Cl2PZr. The molecular weight excluding hydrogens is 577 g/mol. The zero-order chi connectivity index (χ0) is 23.1. The summed E-state index contributed by atoms with van der Waals surface area (Å²) in [6, 6.07) is 36.2. The topological polar surface area (TPSA) is 0 Å². The van der Waals surface area contributed by atoms with Crippen LogP contribution in [0.3, 0.4) is 0 Å². The summed E-state index contributed by atoms with van der Waals surface area (Å²) in [5, 5.41) is 4.58. The van der Waals surface area contributed by atoms with Gasteiger partial charge < -0.3 is 24.8 Å². The Bertz CT molecular complexity index is 1370. The van der Waals surface area contributed by atoms with Crippen molar-refractivity contribution in [2.24, 2.45) is 0 Å². The number of aryl methyl sites for hydroxylation is 2. The average Bonchev–Trinajstić information content (AvgIpc) is 3.46. The molecule has 0 spiro atoms. The number of allylic oxidation sites excluding steroid dienone is 2. The Hall–Kier alpha value is -1.75. The smallest absolute Gasteiger partial charge is 1.00 e. The molecule has 0 aliphatic heterocycles. The Balaban J connectivity index is 0.00000152. The fourth-order valence-corrected chi connectivity index (χ4v) is 13.7. The molecule has 0 bridgehead atoms. The molecule has 2 unspecified atom stereocenters. The summed E-state index contributed by atoms with van der Waals surface area (Å²) < 4.78 is 1.22. The van der Waals surface area contributed by atoms with Crippen LogP contribution >= 0.6 is 7.92 Å². The molecule has 36 heavy (non-hydrogen) atoms. The van der Waals surface area contributed by atoms with Crippen LogP contribution in [-0.4, -0.2) is 0 Å². The molecule has 4 heteroatoms. The minimum absolute atomic E-state index is 0. The molecule has 0 N–H and O–H groups in total. The molecule has 4 aromatic carbocycles. The second kappa shape index (κ2) is 11.8. The number of benzene rings is 4. The predicted octanol–water partition coefficient (Wildman–Crippen LogP) is 1.69. The first kappa shape index (κ1) is 27.3. The zero-order valence-electron chi connectivity index (χ0n) is 20.3. The van der Waals surface area contributed by atoms with Gasteiger partial charge in [-0.2, -0.15) is 0 Å². The van der Waals surface area contributed by atoms with Gasteiger partial charge in [-0.15, -0.1) is 0 Å². The molecule has 0 saturated carbocycles. The summed E-state index contributed by atoms with van der Waals surface area (Å²) in [6.45, 7) is 4.56. The second-order valence-corrected chi connectivity index (χ2v) is 15.2. The van der Waals surface area contributed by atoms with E-state index in [1.54, 1.807) is 16.4 Å². The largest absolute Gasteiger partial charge is 1.00 e. The summed E-state index contributed by atoms with van der Waals surface area (Å²) in [5.74, 6) is 0. The fraction of sp³-hybridized carbons (Fsp3) is 0.125. The predicted molar refractivity (Wildman–Crippen MR) is 144 cm³/mol. The van der Waals surface area contributed by atoms with Crippen molar-refractivity contribution in [1.82, 2.24) is 0 Å². The van der Waals surface area contributed by atoms with E-state index in [1.807, 2.05) is 0 Å². The first-order chi connectivity index (χ1) is 16.7. The first-order valence-electron chi connectivity index (χ1n) is 12.0. The van der Waals surface area contributed by atoms with Crippen LogP contribution in [0.5, 0.6) is 0 Å². The van der Waals surface area contributed by atoms with Crippen LogP contribution in [0.2, 0.25) is 0 Å². The summed E-state index contributed by atoms with van der Waals surface area (Å²) in [6.07, 6.45) is 7.49. The number of fused-ring (bicyclic) bond motifs is 2. The summed E-state index contributed by atoms with van der Waals surface area (Å²) >= 11 is -0.899. The summed E-state index contributed by atoms with van der Waals surface area (Å²) in [4.78, 5) is 0. The van der Waals surface area contributed by atoms with Gasteiger partial charge in [-0.1, -0.05) is 0 Å². The van der Waals surface area contributed by atoms with Gasteiger partial charge in [0.15, 0.2) is 0 Å². The minimum Gasteiger partial charge on any atom is -1.00 e. The molecule has 0 fully saturated rings. The van der Waals surface area contributed by atoms with Crippen molar-refractivity contribution in [2.75, 3.05) is 0 Å². The van der Waals surface area contributed by atoms with Crippen LogP contribution in [0.4, 0.5) is 0 Å². The Morgan fingerprint density at radius 2 is 1.25 bits per heavy atom. The van der Waals surface area contributed by atoms with Crippen molar-refractivity contribution in [3.8, 4) is 0 Å². The second-order valence-electron chi connectivity index (χ2n) is 9.17. The van der Waals surface area contributed by atoms with Crippen LogP contribution in [0.1, 0.15) is 40.6 Å². The van der Waals surface area contributed by atoms with E-state index in [0.29, 0.717) is 7.25 Å². The number of hydrogen-bond acceptors (Lipinski definition) is 0. The van der Waals surface area contributed by atoms with E-state index in [4.69, 9.17) is 0 Å². The van der Waals surface area contributed by atoms with Crippen molar-refractivity contribution in [1.29, 1.82) is 0 Å². The van der Waals surface area contributed by atoms with E-state index < -0.39 is 31.2 Å². The van der Waals surface area contributed by atoms with Gasteiger partial charge in [0.1, 0.15) is 0 Å². The third-order valence-electron chi connectivity index (χ3n) is 7.03. The Morgan fingerprint density at radius 1 is 0.667 bits per heavy atom. The maximum Gasteiger partial charge on any atom is -1.00 e. The van der Waals surface area contributed by atoms with Crippen molar-refractivity contribution < 1.29 is 48.0 Å². The minimum atomic E-state index is -0.899. The van der Waals surface area contributed by atoms with Crippen molar-refractivity contribution in [3.63, 3.8) is 0 Å². The van der Waals surface area contributed by atoms with E-state index in [9.17, 15) is 0 Å². The first-order valence-corrected chi connectivity index (χ1v) is 16.1. The van der Waals surface area contributed by atoms with Gasteiger partial charge in [0, 0.05) is 0 Å². The third-order valence-corrected chi connectivity index (χ3v) is 14.6. The van der Waals surface area contributed by atoms with Crippen molar-refractivity contribution in [3.05, 3.63) is 142 Å². The Morgan fingerprint density at radius 3 is 1.92 bits per heavy atom. The molecule has 2 aliphatic carbocycles.